The molecule has 0 fully saturated rings. The van der Waals surface area contributed by atoms with Crippen molar-refractivity contribution in [2.45, 2.75) is 0 Å². The molecule has 0 aliphatic heterocycles. The molecule has 7 heteroatoms. The molecule has 1 aromatic heterocycles. The molecule has 31 heavy (non-hydrogen) atoms. The molecule has 2 amide bonds. The Labute approximate surface area is 177 Å². The second-order valence-electron chi connectivity index (χ2n) is 6.67. The Morgan fingerprint density at radius 1 is 0.839 bits per heavy atom. The summed E-state index contributed by atoms with van der Waals surface area (Å²) in [5.74, 6) is -0.364. The molecule has 0 unspecified atom stereocenters. The van der Waals surface area contributed by atoms with Crippen LogP contribution in [0, 0.1) is 0 Å². The number of ether oxygens (including phenoxy) is 1. The van der Waals surface area contributed by atoms with Crippen LogP contribution in [-0.4, -0.2) is 18.9 Å². The van der Waals surface area contributed by atoms with E-state index >= 15 is 0 Å². The first-order valence-corrected chi connectivity index (χ1v) is 9.44. The van der Waals surface area contributed by atoms with E-state index in [4.69, 9.17) is 9.15 Å². The van der Waals surface area contributed by atoms with Crippen molar-refractivity contribution in [2.75, 3.05) is 17.7 Å². The smallest absolute Gasteiger partial charge is 0.349 e. The maximum absolute atomic E-state index is 12.5. The summed E-state index contributed by atoms with van der Waals surface area (Å²) in [6.07, 6.45) is 0. The van der Waals surface area contributed by atoms with Crippen molar-refractivity contribution < 1.29 is 18.7 Å². The summed E-state index contributed by atoms with van der Waals surface area (Å²) in [4.78, 5) is 37.2. The quantitative estimate of drug-likeness (QED) is 0.475. The minimum atomic E-state index is -0.719. The van der Waals surface area contributed by atoms with Gasteiger partial charge in [-0.05, 0) is 48.5 Å². The number of fused-ring (bicyclic) bond motifs is 1. The molecule has 0 aliphatic carbocycles. The number of para-hydroxylation sites is 3. The average Bonchev–Trinajstić information content (AvgIpc) is 2.79. The highest BCUT2D eigenvalue weighted by molar-refractivity contribution is 6.07. The number of benzene rings is 3. The van der Waals surface area contributed by atoms with E-state index in [0.717, 1.165) is 0 Å². The first-order chi connectivity index (χ1) is 15.0. The Kier molecular flexibility index (Phi) is 5.49. The van der Waals surface area contributed by atoms with Crippen molar-refractivity contribution in [3.05, 3.63) is 100 Å². The summed E-state index contributed by atoms with van der Waals surface area (Å²) in [7, 11) is 1.53. The third-order valence-corrected chi connectivity index (χ3v) is 4.65. The molecule has 154 valence electrons. The summed E-state index contributed by atoms with van der Waals surface area (Å²) < 4.78 is 10.4. The van der Waals surface area contributed by atoms with Gasteiger partial charge in [0.1, 0.15) is 16.9 Å². The third kappa shape index (κ3) is 4.30. The highest BCUT2D eigenvalue weighted by Crippen LogP contribution is 2.24. The fraction of sp³-hybridized carbons (Fsp3) is 0.0417. The van der Waals surface area contributed by atoms with E-state index in [1.54, 1.807) is 66.7 Å². The van der Waals surface area contributed by atoms with Gasteiger partial charge in [0.2, 0.25) is 0 Å². The molecule has 0 radical (unpaired) electrons. The topological polar surface area (TPSA) is 97.6 Å². The monoisotopic (exact) mass is 414 g/mol. The van der Waals surface area contributed by atoms with Gasteiger partial charge in [-0.1, -0.05) is 30.3 Å². The van der Waals surface area contributed by atoms with Gasteiger partial charge in [0.05, 0.1) is 12.8 Å². The summed E-state index contributed by atoms with van der Waals surface area (Å²) in [6, 6.07) is 21.8. The fourth-order valence-electron chi connectivity index (χ4n) is 3.07. The van der Waals surface area contributed by atoms with E-state index in [1.165, 1.54) is 13.2 Å². The van der Waals surface area contributed by atoms with Gasteiger partial charge in [-0.2, -0.15) is 0 Å². The van der Waals surface area contributed by atoms with E-state index in [1.807, 2.05) is 6.07 Å². The molecule has 0 saturated heterocycles. The molecule has 4 aromatic rings. The number of amides is 2. The standard InChI is InChI=1S/C24H18N2O5/c1-30-21-9-5-3-7-19(21)26-22(27)15-10-12-17(13-11-15)25-23(28)18-14-16-6-2-4-8-20(16)31-24(18)29/h2-14H,1H3,(H,25,28)(H,26,27). The zero-order valence-electron chi connectivity index (χ0n) is 16.5. The van der Waals surface area contributed by atoms with Crippen molar-refractivity contribution in [1.82, 2.24) is 0 Å². The van der Waals surface area contributed by atoms with E-state index in [9.17, 15) is 14.4 Å². The van der Waals surface area contributed by atoms with Crippen molar-refractivity contribution >= 4 is 34.2 Å². The summed E-state index contributed by atoms with van der Waals surface area (Å²) in [6.45, 7) is 0. The zero-order chi connectivity index (χ0) is 21.8. The van der Waals surface area contributed by atoms with Crippen LogP contribution in [0.15, 0.2) is 88.1 Å². The molecule has 0 bridgehead atoms. The molecule has 0 spiro atoms. The molecule has 7 nitrogen and oxygen atoms in total. The second-order valence-corrected chi connectivity index (χ2v) is 6.67. The van der Waals surface area contributed by atoms with Crippen LogP contribution in [0.25, 0.3) is 11.0 Å². The molecule has 3 aromatic carbocycles. The molecule has 4 rings (SSSR count). The van der Waals surface area contributed by atoms with Crippen molar-refractivity contribution in [1.29, 1.82) is 0 Å². The lowest BCUT2D eigenvalue weighted by Crippen LogP contribution is -2.20. The first-order valence-electron chi connectivity index (χ1n) is 9.44. The highest BCUT2D eigenvalue weighted by Gasteiger charge is 2.15. The van der Waals surface area contributed by atoms with E-state index in [2.05, 4.69) is 10.6 Å². The fourth-order valence-corrected chi connectivity index (χ4v) is 3.07. The third-order valence-electron chi connectivity index (χ3n) is 4.65. The SMILES string of the molecule is COc1ccccc1NC(=O)c1ccc(NC(=O)c2cc3ccccc3oc2=O)cc1. The maximum Gasteiger partial charge on any atom is 0.349 e. The number of hydrogen-bond acceptors (Lipinski definition) is 5. The van der Waals surface area contributed by atoms with Crippen LogP contribution in [0.5, 0.6) is 5.75 Å². The summed E-state index contributed by atoms with van der Waals surface area (Å²) >= 11 is 0. The van der Waals surface area contributed by atoms with Gasteiger partial charge < -0.3 is 19.8 Å². The van der Waals surface area contributed by atoms with Crippen LogP contribution >= 0.6 is 0 Å². The molecule has 0 saturated carbocycles. The van der Waals surface area contributed by atoms with Gasteiger partial charge in [0.15, 0.2) is 0 Å². The second kappa shape index (κ2) is 8.54. The van der Waals surface area contributed by atoms with Crippen LogP contribution in [0.3, 0.4) is 0 Å². The zero-order valence-corrected chi connectivity index (χ0v) is 16.5. The van der Waals surface area contributed by atoms with Crippen LogP contribution in [-0.2, 0) is 0 Å². The Morgan fingerprint density at radius 2 is 1.55 bits per heavy atom. The number of hydrogen-bond donors (Lipinski definition) is 2. The molecule has 2 N–H and O–H groups in total. The summed E-state index contributed by atoms with van der Waals surface area (Å²) in [5, 5.41) is 6.08. The average molecular weight is 414 g/mol. The van der Waals surface area contributed by atoms with Gasteiger partial charge in [0.25, 0.3) is 11.8 Å². The molecule has 1 heterocycles. The molecule has 0 atom stereocenters. The Hall–Kier alpha value is -4.39. The highest BCUT2D eigenvalue weighted by atomic mass is 16.5. The van der Waals surface area contributed by atoms with Crippen molar-refractivity contribution in [3.63, 3.8) is 0 Å². The first kappa shape index (κ1) is 19.9. The number of rotatable bonds is 5. The molecular formula is C24H18N2O5. The maximum atomic E-state index is 12.5. The minimum absolute atomic E-state index is 0.100. The van der Waals surface area contributed by atoms with Crippen LogP contribution in [0.1, 0.15) is 20.7 Å². The molecule has 0 aliphatic rings. The van der Waals surface area contributed by atoms with Crippen LogP contribution < -0.4 is 21.0 Å². The lowest BCUT2D eigenvalue weighted by molar-refractivity contribution is 0.101. The van der Waals surface area contributed by atoms with Crippen LogP contribution in [0.2, 0.25) is 0 Å². The predicted molar refractivity (Wildman–Crippen MR) is 118 cm³/mol. The Morgan fingerprint density at radius 3 is 2.32 bits per heavy atom. The number of nitrogens with one attached hydrogen (secondary N) is 2. The van der Waals surface area contributed by atoms with Crippen molar-refractivity contribution in [2.24, 2.45) is 0 Å². The lowest BCUT2D eigenvalue weighted by atomic mass is 10.1. The molecular weight excluding hydrogens is 396 g/mol. The number of methoxy groups -OCH3 is 1. The van der Waals surface area contributed by atoms with Gasteiger partial charge in [-0.25, -0.2) is 4.79 Å². The Bertz CT molecular complexity index is 1330. The lowest BCUT2D eigenvalue weighted by Gasteiger charge is -2.10. The van der Waals surface area contributed by atoms with Gasteiger partial charge in [0, 0.05) is 16.6 Å². The van der Waals surface area contributed by atoms with Crippen LogP contribution in [0.4, 0.5) is 11.4 Å². The number of carbonyl (C=O) groups is 2. The summed E-state index contributed by atoms with van der Waals surface area (Å²) in [5.41, 5.74) is 0.978. The van der Waals surface area contributed by atoms with Gasteiger partial charge in [-0.15, -0.1) is 0 Å². The largest absolute Gasteiger partial charge is 0.495 e. The van der Waals surface area contributed by atoms with E-state index < -0.39 is 11.5 Å². The van der Waals surface area contributed by atoms with E-state index in [0.29, 0.717) is 33.7 Å². The minimum Gasteiger partial charge on any atom is -0.495 e. The number of anilines is 2. The normalized spacial score (nSPS) is 10.5. The van der Waals surface area contributed by atoms with Gasteiger partial charge >= 0.3 is 5.63 Å². The van der Waals surface area contributed by atoms with E-state index in [-0.39, 0.29) is 11.5 Å². The van der Waals surface area contributed by atoms with Gasteiger partial charge in [-0.3, -0.25) is 9.59 Å². The number of carbonyl (C=O) groups excluding carboxylic acids is 2. The predicted octanol–water partition coefficient (Wildman–Crippen LogP) is 4.31. The van der Waals surface area contributed by atoms with Crippen molar-refractivity contribution in [3.8, 4) is 5.75 Å². The Balaban J connectivity index is 1.48.